The summed E-state index contributed by atoms with van der Waals surface area (Å²) < 4.78 is 5.73. The minimum absolute atomic E-state index is 0.178. The molecule has 0 aliphatic carbocycles. The first kappa shape index (κ1) is 23.0. The van der Waals surface area contributed by atoms with Crippen molar-refractivity contribution in [3.8, 4) is 5.75 Å². The highest BCUT2D eigenvalue weighted by molar-refractivity contribution is 6.35. The highest BCUT2D eigenvalue weighted by Gasteiger charge is 2.28. The van der Waals surface area contributed by atoms with Crippen LogP contribution in [0.25, 0.3) is 0 Å². The van der Waals surface area contributed by atoms with E-state index < -0.39 is 6.04 Å². The maximum absolute atomic E-state index is 13.0. The number of carbonyl (C=O) groups excluding carboxylic acids is 2. The molecular weight excluding hydrogens is 411 g/mol. The predicted molar refractivity (Wildman–Crippen MR) is 117 cm³/mol. The van der Waals surface area contributed by atoms with Crippen LogP contribution in [0.2, 0.25) is 10.0 Å². The van der Waals surface area contributed by atoms with E-state index >= 15 is 0 Å². The Balaban J connectivity index is 2.24. The number of hydrogen-bond acceptors (Lipinski definition) is 3. The number of nitrogens with zero attached hydrogens (tertiary/aromatic N) is 1. The van der Waals surface area contributed by atoms with Gasteiger partial charge in [-0.3, -0.25) is 9.59 Å². The minimum atomic E-state index is -0.637. The van der Waals surface area contributed by atoms with Crippen LogP contribution in [0.15, 0.2) is 36.4 Å². The van der Waals surface area contributed by atoms with Gasteiger partial charge in [-0.05, 0) is 61.2 Å². The first-order valence-electron chi connectivity index (χ1n) is 9.41. The van der Waals surface area contributed by atoms with Crippen LogP contribution in [-0.4, -0.2) is 36.4 Å². The van der Waals surface area contributed by atoms with E-state index in [2.05, 4.69) is 5.32 Å². The van der Waals surface area contributed by atoms with Crippen molar-refractivity contribution < 1.29 is 14.3 Å². The number of likely N-dealkylation sites (N-methyl/N-ethyl adjacent to an activating group) is 1. The van der Waals surface area contributed by atoms with E-state index in [4.69, 9.17) is 27.9 Å². The molecule has 29 heavy (non-hydrogen) atoms. The second kappa shape index (κ2) is 10.5. The van der Waals surface area contributed by atoms with Gasteiger partial charge in [-0.1, -0.05) is 42.3 Å². The SMILES string of the molecule is CC[C@H](C(=O)NC)N(Cc1ccc(Cl)cc1Cl)C(=O)COc1cc(C)cc(C)c1. The molecule has 2 aromatic carbocycles. The number of aryl methyl sites for hydroxylation is 2. The summed E-state index contributed by atoms with van der Waals surface area (Å²) in [5, 5.41) is 3.57. The normalized spacial score (nSPS) is 11.7. The average molecular weight is 437 g/mol. The lowest BCUT2D eigenvalue weighted by molar-refractivity contribution is -0.142. The molecule has 0 aliphatic rings. The molecule has 0 aliphatic heterocycles. The molecule has 0 heterocycles. The highest BCUT2D eigenvalue weighted by Crippen LogP contribution is 2.24. The zero-order valence-electron chi connectivity index (χ0n) is 17.1. The van der Waals surface area contributed by atoms with Gasteiger partial charge < -0.3 is 15.0 Å². The molecule has 0 spiro atoms. The van der Waals surface area contributed by atoms with Crippen LogP contribution < -0.4 is 10.1 Å². The summed E-state index contributed by atoms with van der Waals surface area (Å²) in [5.41, 5.74) is 2.81. The topological polar surface area (TPSA) is 58.6 Å². The van der Waals surface area contributed by atoms with Crippen molar-refractivity contribution in [2.24, 2.45) is 0 Å². The number of rotatable bonds is 8. The predicted octanol–water partition coefficient (Wildman–Crippen LogP) is 4.54. The molecule has 1 atom stereocenters. The third kappa shape index (κ3) is 6.38. The van der Waals surface area contributed by atoms with Gasteiger partial charge in [0.25, 0.3) is 5.91 Å². The van der Waals surface area contributed by atoms with Gasteiger partial charge in [0.15, 0.2) is 6.61 Å². The van der Waals surface area contributed by atoms with Gasteiger partial charge in [-0.2, -0.15) is 0 Å². The second-order valence-corrected chi connectivity index (χ2v) is 7.75. The summed E-state index contributed by atoms with van der Waals surface area (Å²) >= 11 is 12.3. The smallest absolute Gasteiger partial charge is 0.261 e. The van der Waals surface area contributed by atoms with E-state index in [0.29, 0.717) is 27.8 Å². The number of amides is 2. The van der Waals surface area contributed by atoms with Gasteiger partial charge in [-0.15, -0.1) is 0 Å². The van der Waals surface area contributed by atoms with Crippen LogP contribution in [0.4, 0.5) is 0 Å². The molecule has 2 amide bonds. The molecule has 2 rings (SSSR count). The fourth-order valence-electron chi connectivity index (χ4n) is 3.16. The number of benzene rings is 2. The van der Waals surface area contributed by atoms with Crippen molar-refractivity contribution in [2.45, 2.75) is 39.8 Å². The maximum atomic E-state index is 13.0. The third-order valence-corrected chi connectivity index (χ3v) is 5.13. The molecule has 156 valence electrons. The Morgan fingerprint density at radius 3 is 2.31 bits per heavy atom. The number of halogens is 2. The van der Waals surface area contributed by atoms with Crippen molar-refractivity contribution in [2.75, 3.05) is 13.7 Å². The van der Waals surface area contributed by atoms with Crippen molar-refractivity contribution in [1.82, 2.24) is 10.2 Å². The highest BCUT2D eigenvalue weighted by atomic mass is 35.5. The quantitative estimate of drug-likeness (QED) is 0.660. The van der Waals surface area contributed by atoms with Crippen LogP contribution in [0.3, 0.4) is 0 Å². The van der Waals surface area contributed by atoms with Gasteiger partial charge in [0, 0.05) is 23.6 Å². The van der Waals surface area contributed by atoms with Crippen LogP contribution in [0.5, 0.6) is 5.75 Å². The van der Waals surface area contributed by atoms with Gasteiger partial charge in [0.1, 0.15) is 11.8 Å². The second-order valence-electron chi connectivity index (χ2n) is 6.91. The molecular formula is C22H26Cl2N2O3. The molecule has 7 heteroatoms. The molecule has 0 aromatic heterocycles. The number of nitrogens with one attached hydrogen (secondary N) is 1. The van der Waals surface area contributed by atoms with Crippen LogP contribution >= 0.6 is 23.2 Å². The lowest BCUT2D eigenvalue weighted by Gasteiger charge is -2.30. The Morgan fingerprint density at radius 1 is 1.10 bits per heavy atom. The molecule has 2 aromatic rings. The van der Waals surface area contributed by atoms with Crippen LogP contribution in [-0.2, 0) is 16.1 Å². The molecule has 0 bridgehead atoms. The summed E-state index contributed by atoms with van der Waals surface area (Å²) in [4.78, 5) is 26.9. The van der Waals surface area contributed by atoms with Gasteiger partial charge in [-0.25, -0.2) is 0 Å². The summed E-state index contributed by atoms with van der Waals surface area (Å²) in [6.45, 7) is 5.79. The first-order chi connectivity index (χ1) is 13.7. The fraction of sp³-hybridized carbons (Fsp3) is 0.364. The molecule has 0 saturated carbocycles. The molecule has 0 saturated heterocycles. The Kier molecular flexibility index (Phi) is 8.35. The third-order valence-electron chi connectivity index (χ3n) is 4.55. The van der Waals surface area contributed by atoms with Gasteiger partial charge in [0.05, 0.1) is 0 Å². The minimum Gasteiger partial charge on any atom is -0.484 e. The fourth-order valence-corrected chi connectivity index (χ4v) is 3.63. The van der Waals surface area contributed by atoms with Crippen molar-refractivity contribution in [3.05, 3.63) is 63.1 Å². The van der Waals surface area contributed by atoms with Crippen LogP contribution in [0, 0.1) is 13.8 Å². The summed E-state index contributed by atoms with van der Waals surface area (Å²) in [5.74, 6) is 0.0799. The van der Waals surface area contributed by atoms with E-state index in [0.717, 1.165) is 11.1 Å². The number of hydrogen-bond donors (Lipinski definition) is 1. The van der Waals surface area contributed by atoms with Gasteiger partial charge in [0.2, 0.25) is 5.91 Å². The van der Waals surface area contributed by atoms with Crippen molar-refractivity contribution in [3.63, 3.8) is 0 Å². The van der Waals surface area contributed by atoms with Crippen molar-refractivity contribution in [1.29, 1.82) is 0 Å². The number of ether oxygens (including phenoxy) is 1. The molecule has 0 fully saturated rings. The average Bonchev–Trinajstić information content (AvgIpc) is 2.66. The van der Waals surface area contributed by atoms with Crippen LogP contribution in [0.1, 0.15) is 30.0 Å². The van der Waals surface area contributed by atoms with E-state index in [1.165, 1.54) is 4.90 Å². The molecule has 5 nitrogen and oxygen atoms in total. The summed E-state index contributed by atoms with van der Waals surface area (Å²) in [7, 11) is 1.55. The van der Waals surface area contributed by atoms with E-state index in [1.54, 1.807) is 25.2 Å². The summed E-state index contributed by atoms with van der Waals surface area (Å²) in [6.07, 6.45) is 0.459. The van der Waals surface area contributed by atoms with E-state index in [1.807, 2.05) is 39.0 Å². The summed E-state index contributed by atoms with van der Waals surface area (Å²) in [6, 6.07) is 10.2. The Morgan fingerprint density at radius 2 is 1.76 bits per heavy atom. The zero-order valence-corrected chi connectivity index (χ0v) is 18.6. The van der Waals surface area contributed by atoms with E-state index in [-0.39, 0.29) is 25.0 Å². The van der Waals surface area contributed by atoms with E-state index in [9.17, 15) is 9.59 Å². The molecule has 0 unspecified atom stereocenters. The van der Waals surface area contributed by atoms with Gasteiger partial charge >= 0.3 is 0 Å². The Labute approximate surface area is 181 Å². The maximum Gasteiger partial charge on any atom is 0.261 e. The van der Waals surface area contributed by atoms with Crippen molar-refractivity contribution >= 4 is 35.0 Å². The largest absolute Gasteiger partial charge is 0.484 e. The molecule has 0 radical (unpaired) electrons. The molecule has 1 N–H and O–H groups in total. The lowest BCUT2D eigenvalue weighted by Crippen LogP contribution is -2.49. The monoisotopic (exact) mass is 436 g/mol. The Hall–Kier alpha value is -2.24. The first-order valence-corrected chi connectivity index (χ1v) is 10.2. The lowest BCUT2D eigenvalue weighted by atomic mass is 10.1. The number of carbonyl (C=O) groups is 2. The Bertz CT molecular complexity index is 866. The zero-order chi connectivity index (χ0) is 21.6. The standard InChI is InChI=1S/C22H26Cl2N2O3/c1-5-20(22(28)25-4)26(12-16-6-7-17(23)11-19(16)24)21(27)13-29-18-9-14(2)8-15(3)10-18/h6-11,20H,5,12-13H2,1-4H3,(H,25,28)/t20-/m1/s1.